The molecule has 0 atom stereocenters. The van der Waals surface area contributed by atoms with E-state index in [2.05, 4.69) is 60.3 Å². The highest BCUT2D eigenvalue weighted by atomic mass is 15.4. The summed E-state index contributed by atoms with van der Waals surface area (Å²) in [6.07, 6.45) is 3.24. The van der Waals surface area contributed by atoms with Gasteiger partial charge in [0.25, 0.3) is 0 Å². The second-order valence-electron chi connectivity index (χ2n) is 6.15. The molecule has 0 aliphatic carbocycles. The number of rotatable bonds is 11. The highest BCUT2D eigenvalue weighted by Gasteiger charge is 2.06. The summed E-state index contributed by atoms with van der Waals surface area (Å²) in [6, 6.07) is 0.473. The van der Waals surface area contributed by atoms with Crippen LogP contribution in [0.1, 0.15) is 32.9 Å². The Morgan fingerprint density at radius 3 is 2.57 bits per heavy atom. The molecule has 0 saturated heterocycles. The second kappa shape index (κ2) is 9.87. The van der Waals surface area contributed by atoms with Gasteiger partial charge in [0.1, 0.15) is 0 Å². The number of hydrogen-bond acceptors (Lipinski definition) is 5. The summed E-state index contributed by atoms with van der Waals surface area (Å²) in [5.74, 6) is 0. The molecule has 1 aromatic rings. The maximum Gasteiger partial charge on any atom is 0.0964 e. The molecule has 0 radical (unpaired) electrons. The molecule has 1 rings (SSSR count). The van der Waals surface area contributed by atoms with Crippen LogP contribution < -0.4 is 5.32 Å². The van der Waals surface area contributed by atoms with Gasteiger partial charge in [-0.15, -0.1) is 5.10 Å². The van der Waals surface area contributed by atoms with Gasteiger partial charge in [0.2, 0.25) is 0 Å². The Balaban J connectivity index is 2.37. The maximum atomic E-state index is 4.21. The van der Waals surface area contributed by atoms with Gasteiger partial charge in [-0.2, -0.15) is 0 Å². The molecule has 0 spiro atoms. The molecule has 122 valence electrons. The van der Waals surface area contributed by atoms with Crippen molar-refractivity contribution in [1.29, 1.82) is 0 Å². The summed E-state index contributed by atoms with van der Waals surface area (Å²) < 4.78 is 1.95. The fraction of sp³-hybridized carbons (Fsp3) is 0.867. The Labute approximate surface area is 129 Å². The van der Waals surface area contributed by atoms with E-state index in [1.807, 2.05) is 10.9 Å². The van der Waals surface area contributed by atoms with E-state index in [1.54, 1.807) is 0 Å². The lowest BCUT2D eigenvalue weighted by Gasteiger charge is -2.23. The molecular formula is C15H32N6. The van der Waals surface area contributed by atoms with E-state index in [1.165, 1.54) is 6.42 Å². The molecule has 1 N–H and O–H groups in total. The summed E-state index contributed by atoms with van der Waals surface area (Å²) in [5, 5.41) is 11.8. The third-order valence-corrected chi connectivity index (χ3v) is 3.33. The standard InChI is InChI=1S/C15H32N6/c1-6-7-20(9-8-19(4)5)10-11-21-13-15(17-18-21)12-16-14(2)3/h13-14,16H,6-12H2,1-5H3. The molecule has 0 fully saturated rings. The average Bonchev–Trinajstić information content (AvgIpc) is 2.87. The lowest BCUT2D eigenvalue weighted by Crippen LogP contribution is -2.34. The van der Waals surface area contributed by atoms with Crippen LogP contribution in [0.15, 0.2) is 6.20 Å². The van der Waals surface area contributed by atoms with Crippen molar-refractivity contribution >= 4 is 0 Å². The van der Waals surface area contributed by atoms with Crippen molar-refractivity contribution in [1.82, 2.24) is 30.1 Å². The Morgan fingerprint density at radius 1 is 1.19 bits per heavy atom. The first-order valence-corrected chi connectivity index (χ1v) is 8.00. The van der Waals surface area contributed by atoms with Crippen LogP contribution in [0.4, 0.5) is 0 Å². The molecule has 0 amide bonds. The predicted octanol–water partition coefficient (Wildman–Crippen LogP) is 1.05. The number of hydrogen-bond donors (Lipinski definition) is 1. The van der Waals surface area contributed by atoms with Gasteiger partial charge in [-0.25, -0.2) is 0 Å². The largest absolute Gasteiger partial charge is 0.309 e. The quantitative estimate of drug-likeness (QED) is 0.661. The van der Waals surface area contributed by atoms with Crippen molar-refractivity contribution in [2.24, 2.45) is 0 Å². The number of nitrogens with zero attached hydrogens (tertiary/aromatic N) is 5. The number of nitrogens with one attached hydrogen (secondary N) is 1. The van der Waals surface area contributed by atoms with Gasteiger partial charge in [-0.3, -0.25) is 4.68 Å². The smallest absolute Gasteiger partial charge is 0.0964 e. The summed E-state index contributed by atoms with van der Waals surface area (Å²) in [6.45, 7) is 12.6. The predicted molar refractivity (Wildman–Crippen MR) is 87.3 cm³/mol. The van der Waals surface area contributed by atoms with Crippen LogP contribution >= 0.6 is 0 Å². The summed E-state index contributed by atoms with van der Waals surface area (Å²) in [7, 11) is 4.24. The monoisotopic (exact) mass is 296 g/mol. The fourth-order valence-corrected chi connectivity index (χ4v) is 2.07. The van der Waals surface area contributed by atoms with E-state index >= 15 is 0 Å². The van der Waals surface area contributed by atoms with Gasteiger partial charge in [-0.05, 0) is 27.1 Å². The first-order valence-electron chi connectivity index (χ1n) is 8.00. The molecule has 6 heteroatoms. The Bertz CT molecular complexity index is 374. The summed E-state index contributed by atoms with van der Waals surface area (Å²) in [5.41, 5.74) is 1.01. The lowest BCUT2D eigenvalue weighted by atomic mass is 10.3. The molecule has 6 nitrogen and oxygen atoms in total. The molecule has 0 aliphatic rings. The van der Waals surface area contributed by atoms with Gasteiger partial charge in [0, 0.05) is 38.4 Å². The zero-order valence-corrected chi connectivity index (χ0v) is 14.3. The van der Waals surface area contributed by atoms with E-state index < -0.39 is 0 Å². The van der Waals surface area contributed by atoms with Crippen molar-refractivity contribution < 1.29 is 0 Å². The zero-order valence-electron chi connectivity index (χ0n) is 14.3. The van der Waals surface area contributed by atoms with Gasteiger partial charge in [0.15, 0.2) is 0 Å². The fourth-order valence-electron chi connectivity index (χ4n) is 2.07. The molecule has 0 bridgehead atoms. The minimum absolute atomic E-state index is 0.473. The van der Waals surface area contributed by atoms with Crippen LogP contribution in [0.25, 0.3) is 0 Å². The van der Waals surface area contributed by atoms with E-state index in [9.17, 15) is 0 Å². The van der Waals surface area contributed by atoms with Gasteiger partial charge < -0.3 is 15.1 Å². The summed E-state index contributed by atoms with van der Waals surface area (Å²) >= 11 is 0. The van der Waals surface area contributed by atoms with Crippen LogP contribution in [0.3, 0.4) is 0 Å². The van der Waals surface area contributed by atoms with Gasteiger partial charge >= 0.3 is 0 Å². The van der Waals surface area contributed by atoms with Gasteiger partial charge in [-0.1, -0.05) is 26.0 Å². The third kappa shape index (κ3) is 8.14. The van der Waals surface area contributed by atoms with Crippen LogP contribution in [0, 0.1) is 0 Å². The van der Waals surface area contributed by atoms with Crippen LogP contribution in [-0.4, -0.2) is 71.1 Å². The van der Waals surface area contributed by atoms with Crippen molar-refractivity contribution in [3.05, 3.63) is 11.9 Å². The van der Waals surface area contributed by atoms with Crippen molar-refractivity contribution in [2.75, 3.05) is 40.3 Å². The SMILES string of the molecule is CCCN(CCN(C)C)CCn1cc(CNC(C)C)nn1. The van der Waals surface area contributed by atoms with E-state index in [-0.39, 0.29) is 0 Å². The van der Waals surface area contributed by atoms with Gasteiger partial charge in [0.05, 0.1) is 12.2 Å². The van der Waals surface area contributed by atoms with E-state index in [0.29, 0.717) is 6.04 Å². The third-order valence-electron chi connectivity index (χ3n) is 3.33. The van der Waals surface area contributed by atoms with Crippen molar-refractivity contribution in [3.8, 4) is 0 Å². The topological polar surface area (TPSA) is 49.2 Å². The molecule has 1 aromatic heterocycles. The van der Waals surface area contributed by atoms with Crippen LogP contribution in [0.2, 0.25) is 0 Å². The summed E-state index contributed by atoms with van der Waals surface area (Å²) in [4.78, 5) is 4.72. The molecule has 1 heterocycles. The normalized spacial score (nSPS) is 12.0. The molecule has 0 unspecified atom stereocenters. The highest BCUT2D eigenvalue weighted by molar-refractivity contribution is 4.91. The first-order chi connectivity index (χ1) is 10.0. The van der Waals surface area contributed by atoms with Crippen LogP contribution in [0.5, 0.6) is 0 Å². The zero-order chi connectivity index (χ0) is 15.7. The average molecular weight is 296 g/mol. The van der Waals surface area contributed by atoms with E-state index in [0.717, 1.165) is 45.0 Å². The van der Waals surface area contributed by atoms with Crippen molar-refractivity contribution in [3.63, 3.8) is 0 Å². The molecular weight excluding hydrogens is 264 g/mol. The Hall–Kier alpha value is -0.980. The second-order valence-corrected chi connectivity index (χ2v) is 6.15. The minimum atomic E-state index is 0.473. The van der Waals surface area contributed by atoms with Crippen LogP contribution in [-0.2, 0) is 13.1 Å². The van der Waals surface area contributed by atoms with Crippen molar-refractivity contribution in [2.45, 2.75) is 46.3 Å². The van der Waals surface area contributed by atoms with E-state index in [4.69, 9.17) is 0 Å². The number of likely N-dealkylation sites (N-methyl/N-ethyl adjacent to an activating group) is 1. The number of aromatic nitrogens is 3. The maximum absolute atomic E-state index is 4.21. The lowest BCUT2D eigenvalue weighted by molar-refractivity contribution is 0.230. The molecule has 21 heavy (non-hydrogen) atoms. The first kappa shape index (κ1) is 18.1. The molecule has 0 aliphatic heterocycles. The molecule has 0 saturated carbocycles. The Kier molecular flexibility index (Phi) is 8.49. The highest BCUT2D eigenvalue weighted by Crippen LogP contribution is 1.97. The molecule has 0 aromatic carbocycles. The Morgan fingerprint density at radius 2 is 1.95 bits per heavy atom. The minimum Gasteiger partial charge on any atom is -0.309 e.